The number of carbonyl (C=O) groups excluding carboxylic acids is 1. The molecule has 0 aliphatic heterocycles. The maximum Gasteiger partial charge on any atom is 0.153 e. The minimum Gasteiger partial charge on any atom is -0.492 e. The molecule has 0 aliphatic carbocycles. The quantitative estimate of drug-likeness (QED) is 0.750. The summed E-state index contributed by atoms with van der Waals surface area (Å²) in [6, 6.07) is 3.66. The van der Waals surface area contributed by atoms with Gasteiger partial charge in [0.1, 0.15) is 5.75 Å². The van der Waals surface area contributed by atoms with E-state index in [9.17, 15) is 4.79 Å². The van der Waals surface area contributed by atoms with Gasteiger partial charge in [-0.3, -0.25) is 4.79 Å². The smallest absolute Gasteiger partial charge is 0.153 e. The highest BCUT2D eigenvalue weighted by Gasteiger charge is 2.16. The van der Waals surface area contributed by atoms with Crippen LogP contribution in [0.1, 0.15) is 30.6 Å². The van der Waals surface area contributed by atoms with Gasteiger partial charge in [-0.2, -0.15) is 5.10 Å². The van der Waals surface area contributed by atoms with Gasteiger partial charge >= 0.3 is 0 Å². The number of hydrogen-bond donors (Lipinski definition) is 0. The number of ether oxygens (including phenoxy) is 2. The van der Waals surface area contributed by atoms with Gasteiger partial charge in [0.25, 0.3) is 0 Å². The molecule has 0 N–H and O–H groups in total. The Morgan fingerprint density at radius 2 is 2.21 bits per heavy atom. The van der Waals surface area contributed by atoms with Crippen LogP contribution in [-0.4, -0.2) is 35.2 Å². The Bertz CT molecular complexity index is 575. The molecule has 19 heavy (non-hydrogen) atoms. The van der Waals surface area contributed by atoms with Gasteiger partial charge in [-0.25, -0.2) is 4.52 Å². The van der Waals surface area contributed by atoms with Crippen molar-refractivity contribution in [2.75, 3.05) is 13.7 Å². The molecule has 102 valence electrons. The van der Waals surface area contributed by atoms with E-state index in [1.54, 1.807) is 24.0 Å². The van der Waals surface area contributed by atoms with Crippen molar-refractivity contribution in [2.45, 2.75) is 25.9 Å². The summed E-state index contributed by atoms with van der Waals surface area (Å²) in [5.41, 5.74) is 1.16. The van der Waals surface area contributed by atoms with Gasteiger partial charge in [-0.05, 0) is 26.0 Å². The maximum atomic E-state index is 10.8. The van der Waals surface area contributed by atoms with E-state index in [0.29, 0.717) is 12.2 Å². The topological polar surface area (TPSA) is 52.8 Å². The second-order valence-corrected chi connectivity index (χ2v) is 4.97. The van der Waals surface area contributed by atoms with E-state index in [4.69, 9.17) is 9.47 Å². The summed E-state index contributed by atoms with van der Waals surface area (Å²) in [5.74, 6) is 0.722. The number of rotatable bonds is 6. The molecule has 0 atom stereocenters. The molecule has 2 aromatic heterocycles. The van der Waals surface area contributed by atoms with Crippen LogP contribution in [0.3, 0.4) is 0 Å². The van der Waals surface area contributed by atoms with Crippen molar-refractivity contribution in [1.82, 2.24) is 9.61 Å². The van der Waals surface area contributed by atoms with Crippen molar-refractivity contribution in [2.24, 2.45) is 0 Å². The molecule has 0 unspecified atom stereocenters. The zero-order valence-electron chi connectivity index (χ0n) is 11.4. The van der Waals surface area contributed by atoms with Crippen molar-refractivity contribution >= 4 is 11.8 Å². The molecule has 0 spiro atoms. The van der Waals surface area contributed by atoms with E-state index in [1.807, 2.05) is 26.0 Å². The van der Waals surface area contributed by atoms with Gasteiger partial charge in [0.15, 0.2) is 6.29 Å². The molecule has 0 fully saturated rings. The Hall–Kier alpha value is -1.88. The third-order valence-electron chi connectivity index (χ3n) is 3.17. The van der Waals surface area contributed by atoms with E-state index >= 15 is 0 Å². The van der Waals surface area contributed by atoms with E-state index in [0.717, 1.165) is 24.0 Å². The molecule has 2 aromatic rings. The summed E-state index contributed by atoms with van der Waals surface area (Å²) in [6.07, 6.45) is 4.90. The zero-order chi connectivity index (χ0) is 13.9. The minimum atomic E-state index is -0.194. The first-order valence-corrected chi connectivity index (χ1v) is 6.16. The Labute approximate surface area is 112 Å². The van der Waals surface area contributed by atoms with Crippen LogP contribution in [-0.2, 0) is 4.74 Å². The predicted molar refractivity (Wildman–Crippen MR) is 71.8 cm³/mol. The third kappa shape index (κ3) is 3.12. The van der Waals surface area contributed by atoms with Gasteiger partial charge in [0.2, 0.25) is 0 Å². The predicted octanol–water partition coefficient (Wildman–Crippen LogP) is 2.34. The highest BCUT2D eigenvalue weighted by Crippen LogP contribution is 2.17. The number of carbonyl (C=O) groups is 1. The fraction of sp³-hybridized carbons (Fsp3) is 0.429. The second-order valence-electron chi connectivity index (χ2n) is 4.97. The molecule has 0 bridgehead atoms. The van der Waals surface area contributed by atoms with Crippen LogP contribution in [0.4, 0.5) is 0 Å². The average molecular weight is 262 g/mol. The molecule has 5 heteroatoms. The highest BCUT2D eigenvalue weighted by molar-refractivity contribution is 5.85. The first-order chi connectivity index (χ1) is 9.05. The monoisotopic (exact) mass is 262 g/mol. The Balaban J connectivity index is 2.04. The van der Waals surface area contributed by atoms with Gasteiger partial charge in [-0.15, -0.1) is 0 Å². The fourth-order valence-electron chi connectivity index (χ4n) is 1.68. The van der Waals surface area contributed by atoms with E-state index in [1.165, 1.54) is 0 Å². The number of nitrogens with zero attached hydrogens (tertiary/aromatic N) is 2. The van der Waals surface area contributed by atoms with Crippen LogP contribution < -0.4 is 4.74 Å². The summed E-state index contributed by atoms with van der Waals surface area (Å²) >= 11 is 0. The first kappa shape index (κ1) is 13.5. The number of aromatic nitrogens is 2. The molecule has 0 saturated heterocycles. The minimum absolute atomic E-state index is 0.194. The maximum absolute atomic E-state index is 10.8. The molecule has 0 aliphatic rings. The van der Waals surface area contributed by atoms with Crippen LogP contribution in [0.15, 0.2) is 24.5 Å². The third-order valence-corrected chi connectivity index (χ3v) is 3.17. The van der Waals surface area contributed by atoms with Crippen molar-refractivity contribution in [3.8, 4) is 5.75 Å². The fourth-order valence-corrected chi connectivity index (χ4v) is 1.68. The van der Waals surface area contributed by atoms with Crippen LogP contribution in [0.5, 0.6) is 5.75 Å². The molecule has 0 saturated carbocycles. The Morgan fingerprint density at radius 3 is 2.89 bits per heavy atom. The number of aldehydes is 1. The van der Waals surface area contributed by atoms with Crippen molar-refractivity contribution in [3.63, 3.8) is 0 Å². The molecule has 0 aromatic carbocycles. The molecule has 5 nitrogen and oxygen atoms in total. The van der Waals surface area contributed by atoms with Crippen LogP contribution >= 0.6 is 0 Å². The summed E-state index contributed by atoms with van der Waals surface area (Å²) in [4.78, 5) is 10.8. The summed E-state index contributed by atoms with van der Waals surface area (Å²) < 4.78 is 12.6. The first-order valence-electron chi connectivity index (χ1n) is 6.16. The normalized spacial score (nSPS) is 11.7. The molecular weight excluding hydrogens is 244 g/mol. The molecule has 2 heterocycles. The lowest BCUT2D eigenvalue weighted by Gasteiger charge is -2.22. The lowest BCUT2D eigenvalue weighted by Crippen LogP contribution is -2.25. The Kier molecular flexibility index (Phi) is 3.85. The number of hydrogen-bond acceptors (Lipinski definition) is 4. The molecule has 0 radical (unpaired) electrons. The second kappa shape index (κ2) is 5.40. The van der Waals surface area contributed by atoms with Crippen LogP contribution in [0.2, 0.25) is 0 Å². The number of pyridine rings is 1. The number of fused-ring (bicyclic) bond motifs is 1. The highest BCUT2D eigenvalue weighted by atomic mass is 16.5. The lowest BCUT2D eigenvalue weighted by molar-refractivity contribution is 0.00541. The number of methoxy groups -OCH3 is 1. The standard InChI is InChI=1S/C14H18N2O3/c1-14(2,18-3)6-7-19-12-4-5-13-11(10-17)8-15-16(13)9-12/h4-5,8-10H,6-7H2,1-3H3. The van der Waals surface area contributed by atoms with Gasteiger partial charge in [0.05, 0.1) is 35.7 Å². The van der Waals surface area contributed by atoms with Crippen molar-refractivity contribution in [1.29, 1.82) is 0 Å². The average Bonchev–Trinajstić information content (AvgIpc) is 2.81. The van der Waals surface area contributed by atoms with Crippen LogP contribution in [0, 0.1) is 0 Å². The summed E-state index contributed by atoms with van der Waals surface area (Å²) in [5, 5.41) is 4.10. The molecular formula is C14H18N2O3. The molecule has 2 rings (SSSR count). The Morgan fingerprint density at radius 1 is 1.42 bits per heavy atom. The van der Waals surface area contributed by atoms with E-state index in [2.05, 4.69) is 5.10 Å². The van der Waals surface area contributed by atoms with Gasteiger partial charge in [-0.1, -0.05) is 0 Å². The van der Waals surface area contributed by atoms with Crippen molar-refractivity contribution < 1.29 is 14.3 Å². The summed E-state index contributed by atoms with van der Waals surface area (Å²) in [6.45, 7) is 4.60. The zero-order valence-corrected chi connectivity index (χ0v) is 11.4. The van der Waals surface area contributed by atoms with Gasteiger partial charge in [0, 0.05) is 13.5 Å². The lowest BCUT2D eigenvalue weighted by atomic mass is 10.1. The van der Waals surface area contributed by atoms with E-state index in [-0.39, 0.29) is 5.60 Å². The summed E-state index contributed by atoms with van der Waals surface area (Å²) in [7, 11) is 1.69. The molecule has 0 amide bonds. The van der Waals surface area contributed by atoms with Gasteiger partial charge < -0.3 is 9.47 Å². The van der Waals surface area contributed by atoms with Crippen molar-refractivity contribution in [3.05, 3.63) is 30.1 Å². The van der Waals surface area contributed by atoms with Crippen LogP contribution in [0.25, 0.3) is 5.52 Å². The largest absolute Gasteiger partial charge is 0.492 e. The van der Waals surface area contributed by atoms with E-state index < -0.39 is 0 Å². The SMILES string of the molecule is COC(C)(C)CCOc1ccc2c(C=O)cnn2c1.